The molecule has 4 aliphatic carbocycles. The van der Waals surface area contributed by atoms with E-state index in [0.29, 0.717) is 16.2 Å². The predicted octanol–water partition coefficient (Wildman–Crippen LogP) is 11.6. The van der Waals surface area contributed by atoms with Crippen molar-refractivity contribution in [3.05, 3.63) is 0 Å². The van der Waals surface area contributed by atoms with Crippen molar-refractivity contribution in [1.82, 2.24) is 0 Å². The highest BCUT2D eigenvalue weighted by molar-refractivity contribution is 5.20. The van der Waals surface area contributed by atoms with E-state index >= 15 is 0 Å². The summed E-state index contributed by atoms with van der Waals surface area (Å²) in [6.07, 6.45) is 10.1. The Morgan fingerprint density at radius 1 is 0.789 bits per heavy atom. The van der Waals surface area contributed by atoms with E-state index in [1.54, 1.807) is 0 Å². The van der Waals surface area contributed by atoms with Crippen LogP contribution in [0.4, 0.5) is 0 Å². The summed E-state index contributed by atoms with van der Waals surface area (Å²) in [6.45, 7) is 37.4. The van der Waals surface area contributed by atoms with E-state index in [0.717, 1.165) is 82.9 Å². The molecule has 4 saturated carbocycles. The first kappa shape index (κ1) is 30.9. The molecule has 16 unspecified atom stereocenters. The fourth-order valence-corrected chi connectivity index (χ4v) is 14.1. The van der Waals surface area contributed by atoms with Gasteiger partial charge in [0.05, 0.1) is 0 Å². The average Bonchev–Trinajstić information content (AvgIpc) is 2.84. The third kappa shape index (κ3) is 4.16. The van der Waals surface area contributed by atoms with Crippen LogP contribution in [0, 0.1) is 99.1 Å². The number of hydrogen-bond acceptors (Lipinski definition) is 0. The van der Waals surface area contributed by atoms with Crippen molar-refractivity contribution in [3.8, 4) is 0 Å². The summed E-state index contributed by atoms with van der Waals surface area (Å²) in [7, 11) is 0. The summed E-state index contributed by atoms with van der Waals surface area (Å²) >= 11 is 0. The average molecular weight is 527 g/mol. The highest BCUT2D eigenvalue weighted by atomic mass is 14.8. The molecular weight excluding hydrogens is 456 g/mol. The molecule has 0 radical (unpaired) electrons. The third-order valence-corrected chi connectivity index (χ3v) is 16.3. The second-order valence-electron chi connectivity index (χ2n) is 17.5. The van der Waals surface area contributed by atoms with Gasteiger partial charge < -0.3 is 0 Å². The molecule has 0 bridgehead atoms. The predicted molar refractivity (Wildman–Crippen MR) is 168 cm³/mol. The SMILES string of the molecule is CCCCC(C)CC1CCC2C(C1C)C(C)C1C(C)C3(C)C(C)C(C(C)C)C(C)CC3(C)C(C)C1(C)C2C. The minimum Gasteiger partial charge on any atom is -0.0654 e. The van der Waals surface area contributed by atoms with Crippen LogP contribution in [0.3, 0.4) is 0 Å². The van der Waals surface area contributed by atoms with Gasteiger partial charge in [0.2, 0.25) is 0 Å². The minimum absolute atomic E-state index is 0.421. The molecular formula is C38H70. The Morgan fingerprint density at radius 2 is 1.42 bits per heavy atom. The molecule has 0 nitrogen and oxygen atoms in total. The minimum atomic E-state index is 0.421. The van der Waals surface area contributed by atoms with Crippen molar-refractivity contribution in [3.63, 3.8) is 0 Å². The highest BCUT2D eigenvalue weighted by Crippen LogP contribution is 2.78. The van der Waals surface area contributed by atoms with E-state index in [4.69, 9.17) is 0 Å². The van der Waals surface area contributed by atoms with Crippen LogP contribution in [0.5, 0.6) is 0 Å². The third-order valence-electron chi connectivity index (χ3n) is 16.3. The van der Waals surface area contributed by atoms with Gasteiger partial charge in [-0.3, -0.25) is 0 Å². The molecule has 222 valence electrons. The van der Waals surface area contributed by atoms with Gasteiger partial charge in [-0.15, -0.1) is 0 Å². The number of fused-ring (bicyclic) bond motifs is 3. The fourth-order valence-electron chi connectivity index (χ4n) is 14.1. The molecule has 4 rings (SSSR count). The summed E-state index contributed by atoms with van der Waals surface area (Å²) in [4.78, 5) is 0. The maximum atomic E-state index is 2.81. The van der Waals surface area contributed by atoms with Gasteiger partial charge in [-0.05, 0) is 125 Å². The molecule has 4 aliphatic rings. The van der Waals surface area contributed by atoms with Gasteiger partial charge >= 0.3 is 0 Å². The summed E-state index contributed by atoms with van der Waals surface area (Å²) in [5.41, 5.74) is 1.31. The number of rotatable bonds is 6. The van der Waals surface area contributed by atoms with Gasteiger partial charge in [0.1, 0.15) is 0 Å². The van der Waals surface area contributed by atoms with Gasteiger partial charge in [0.25, 0.3) is 0 Å². The molecule has 4 fully saturated rings. The van der Waals surface area contributed by atoms with Crippen molar-refractivity contribution >= 4 is 0 Å². The van der Waals surface area contributed by atoms with Gasteiger partial charge in [-0.2, -0.15) is 0 Å². The topological polar surface area (TPSA) is 0 Å². The first-order valence-corrected chi connectivity index (χ1v) is 17.6. The number of hydrogen-bond donors (Lipinski definition) is 0. The summed E-state index contributed by atoms with van der Waals surface area (Å²) < 4.78 is 0. The van der Waals surface area contributed by atoms with Crippen LogP contribution in [0.15, 0.2) is 0 Å². The molecule has 0 heteroatoms. The first-order valence-electron chi connectivity index (χ1n) is 17.6. The summed E-state index contributed by atoms with van der Waals surface area (Å²) in [5, 5.41) is 0. The molecule has 0 spiro atoms. The van der Waals surface area contributed by atoms with E-state index in [9.17, 15) is 0 Å². The van der Waals surface area contributed by atoms with E-state index in [1.165, 1.54) is 44.9 Å². The second kappa shape index (κ2) is 10.7. The maximum Gasteiger partial charge on any atom is -0.0212 e. The lowest BCUT2D eigenvalue weighted by Crippen LogP contribution is -2.71. The van der Waals surface area contributed by atoms with Gasteiger partial charge in [0.15, 0.2) is 0 Å². The Bertz CT molecular complexity index is 811. The largest absolute Gasteiger partial charge is 0.0654 e. The molecule has 0 N–H and O–H groups in total. The molecule has 38 heavy (non-hydrogen) atoms. The zero-order valence-electron chi connectivity index (χ0n) is 28.5. The van der Waals surface area contributed by atoms with E-state index in [2.05, 4.69) is 96.9 Å². The van der Waals surface area contributed by atoms with E-state index in [1.807, 2.05) is 0 Å². The molecule has 0 aromatic rings. The van der Waals surface area contributed by atoms with Gasteiger partial charge in [-0.25, -0.2) is 0 Å². The van der Waals surface area contributed by atoms with Gasteiger partial charge in [-0.1, -0.05) is 116 Å². The molecule has 0 aromatic carbocycles. The lowest BCUT2D eigenvalue weighted by molar-refractivity contribution is -0.291. The van der Waals surface area contributed by atoms with Gasteiger partial charge in [0, 0.05) is 0 Å². The van der Waals surface area contributed by atoms with Crippen molar-refractivity contribution in [2.75, 3.05) is 0 Å². The lowest BCUT2D eigenvalue weighted by atomic mass is 9.28. The first-order chi connectivity index (χ1) is 17.6. The van der Waals surface area contributed by atoms with Crippen LogP contribution in [-0.2, 0) is 0 Å². The van der Waals surface area contributed by atoms with Crippen molar-refractivity contribution in [2.45, 2.75) is 142 Å². The Labute approximate surface area is 240 Å². The Hall–Kier alpha value is 0. The summed E-state index contributed by atoms with van der Waals surface area (Å²) in [6, 6.07) is 0. The van der Waals surface area contributed by atoms with Crippen molar-refractivity contribution in [1.29, 1.82) is 0 Å². The standard InChI is InChI=1S/C38H70/c1-15-16-17-23(4)20-31-18-19-32-27(8)37(13)30(11)36(12)21-24(5)33(22(2)3)28(9)38(36,14)29(10)35(37)26(7)34(32)25(31)6/h22-35H,15-21H2,1-14H3. The van der Waals surface area contributed by atoms with Crippen LogP contribution in [0.25, 0.3) is 0 Å². The van der Waals surface area contributed by atoms with Crippen LogP contribution < -0.4 is 0 Å². The second-order valence-corrected chi connectivity index (χ2v) is 17.5. The monoisotopic (exact) mass is 527 g/mol. The fraction of sp³-hybridized carbons (Fsp3) is 1.00. The van der Waals surface area contributed by atoms with Crippen LogP contribution in [-0.4, -0.2) is 0 Å². The molecule has 0 aliphatic heterocycles. The molecule has 0 aromatic heterocycles. The summed E-state index contributed by atoms with van der Waals surface area (Å²) in [5.74, 6) is 12.1. The molecule has 16 atom stereocenters. The molecule has 0 heterocycles. The Balaban J connectivity index is 1.72. The van der Waals surface area contributed by atoms with Crippen LogP contribution in [0.2, 0.25) is 0 Å². The Morgan fingerprint density at radius 3 is 2.00 bits per heavy atom. The van der Waals surface area contributed by atoms with Crippen molar-refractivity contribution < 1.29 is 0 Å². The molecule has 0 saturated heterocycles. The maximum absolute atomic E-state index is 2.81. The Kier molecular flexibility index (Phi) is 8.70. The van der Waals surface area contributed by atoms with Crippen LogP contribution in [0.1, 0.15) is 142 Å². The number of unbranched alkanes of at least 4 members (excludes halogenated alkanes) is 1. The zero-order valence-corrected chi connectivity index (χ0v) is 28.5. The van der Waals surface area contributed by atoms with E-state index < -0.39 is 0 Å². The smallest absolute Gasteiger partial charge is 0.0212 e. The zero-order chi connectivity index (χ0) is 28.5. The highest BCUT2D eigenvalue weighted by Gasteiger charge is 2.72. The molecule has 0 amide bonds. The normalized spacial score (nSPS) is 55.7. The quantitative estimate of drug-likeness (QED) is 0.323. The van der Waals surface area contributed by atoms with E-state index in [-0.39, 0.29) is 0 Å². The van der Waals surface area contributed by atoms with Crippen molar-refractivity contribution in [2.24, 2.45) is 99.1 Å². The lowest BCUT2D eigenvalue weighted by Gasteiger charge is -2.77. The van der Waals surface area contributed by atoms with Crippen LogP contribution >= 0.6 is 0 Å².